The van der Waals surface area contributed by atoms with E-state index < -0.39 is 4.92 Å². The number of hydrazine groups is 1. The molecule has 0 atom stereocenters. The van der Waals surface area contributed by atoms with Gasteiger partial charge in [0.25, 0.3) is 5.69 Å². The van der Waals surface area contributed by atoms with Crippen molar-refractivity contribution in [1.82, 2.24) is 5.43 Å². The summed E-state index contributed by atoms with van der Waals surface area (Å²) in [5.74, 6) is 0. The Labute approximate surface area is 73.7 Å². The molecule has 0 aliphatic carbocycles. The molecular weight excluding hydrogens is 174 g/mol. The first-order valence-electron chi connectivity index (χ1n) is 3.44. The summed E-state index contributed by atoms with van der Waals surface area (Å²) in [6, 6.07) is 6.01. The topological polar surface area (TPSA) is 84.3 Å². The molecule has 2 N–H and O–H groups in total. The minimum Gasteiger partial charge on any atom is -0.292 e. The quantitative estimate of drug-likeness (QED) is 0.406. The molecule has 0 fully saturated rings. The molecule has 0 saturated heterocycles. The smallest absolute Gasteiger partial charge is 0.292 e. The number of carbonyl (C=O) groups excluding carboxylic acids is 1. The molecule has 68 valence electrons. The number of hydrogen-bond acceptors (Lipinski definition) is 4. The Bertz CT molecular complexity index is 327. The van der Waals surface area contributed by atoms with Gasteiger partial charge < -0.3 is 0 Å². The molecular formula is C7H7N3O3. The number of nitro groups is 1. The van der Waals surface area contributed by atoms with Crippen LogP contribution in [0.15, 0.2) is 24.3 Å². The molecule has 0 bridgehead atoms. The molecule has 0 heterocycles. The third kappa shape index (κ3) is 2.16. The predicted octanol–water partition coefficient (Wildman–Crippen LogP) is 0.668. The minimum absolute atomic E-state index is 0.0862. The fourth-order valence-corrected chi connectivity index (χ4v) is 0.846. The fourth-order valence-electron chi connectivity index (χ4n) is 0.846. The highest BCUT2D eigenvalue weighted by Gasteiger charge is 2.10. The lowest BCUT2D eigenvalue weighted by molar-refractivity contribution is -0.384. The Morgan fingerprint density at radius 2 is 2.08 bits per heavy atom. The van der Waals surface area contributed by atoms with E-state index in [1.54, 1.807) is 12.1 Å². The van der Waals surface area contributed by atoms with Crippen LogP contribution in [0.2, 0.25) is 0 Å². The molecule has 0 aliphatic heterocycles. The van der Waals surface area contributed by atoms with Crippen LogP contribution < -0.4 is 10.9 Å². The number of para-hydroxylation sites is 2. The molecule has 13 heavy (non-hydrogen) atoms. The van der Waals surface area contributed by atoms with Crippen molar-refractivity contribution in [2.24, 2.45) is 0 Å². The van der Waals surface area contributed by atoms with Crippen molar-refractivity contribution in [3.63, 3.8) is 0 Å². The molecule has 0 aliphatic rings. The Morgan fingerprint density at radius 1 is 1.38 bits per heavy atom. The fraction of sp³-hybridized carbons (Fsp3) is 0. The second-order valence-electron chi connectivity index (χ2n) is 2.16. The first-order chi connectivity index (χ1) is 6.25. The van der Waals surface area contributed by atoms with Crippen LogP contribution in [0.25, 0.3) is 0 Å². The van der Waals surface area contributed by atoms with Crippen molar-refractivity contribution in [3.05, 3.63) is 34.4 Å². The maximum atomic E-state index is 10.4. The first kappa shape index (κ1) is 8.98. The third-order valence-electron chi connectivity index (χ3n) is 1.37. The van der Waals surface area contributed by atoms with Gasteiger partial charge in [-0.05, 0) is 6.07 Å². The zero-order valence-electron chi connectivity index (χ0n) is 6.56. The summed E-state index contributed by atoms with van der Waals surface area (Å²) >= 11 is 0. The predicted molar refractivity (Wildman–Crippen MR) is 45.9 cm³/mol. The molecule has 6 nitrogen and oxygen atoms in total. The number of benzene rings is 1. The van der Waals surface area contributed by atoms with E-state index in [2.05, 4.69) is 10.9 Å². The number of nitro benzene ring substituents is 1. The van der Waals surface area contributed by atoms with Gasteiger partial charge >= 0.3 is 0 Å². The highest BCUT2D eigenvalue weighted by molar-refractivity contribution is 5.63. The van der Waals surface area contributed by atoms with Crippen LogP contribution in [-0.4, -0.2) is 11.3 Å². The maximum Gasteiger partial charge on any atom is 0.294 e. The van der Waals surface area contributed by atoms with Crippen molar-refractivity contribution in [3.8, 4) is 0 Å². The van der Waals surface area contributed by atoms with Gasteiger partial charge in [0.1, 0.15) is 5.69 Å². The number of anilines is 1. The summed E-state index contributed by atoms with van der Waals surface area (Å²) in [6.45, 7) is 0. The molecule has 6 heteroatoms. The monoisotopic (exact) mass is 181 g/mol. The van der Waals surface area contributed by atoms with E-state index in [0.717, 1.165) is 0 Å². The van der Waals surface area contributed by atoms with E-state index in [1.165, 1.54) is 12.1 Å². The van der Waals surface area contributed by atoms with Crippen LogP contribution in [-0.2, 0) is 4.79 Å². The Balaban J connectivity index is 2.90. The van der Waals surface area contributed by atoms with E-state index in [0.29, 0.717) is 6.41 Å². The molecule has 1 rings (SSSR count). The summed E-state index contributed by atoms with van der Waals surface area (Å²) in [7, 11) is 0. The Hall–Kier alpha value is -2.11. The lowest BCUT2D eigenvalue weighted by Crippen LogP contribution is -2.19. The van der Waals surface area contributed by atoms with Gasteiger partial charge in [-0.1, -0.05) is 12.1 Å². The SMILES string of the molecule is O=CNNc1ccccc1[N+](=O)[O-]. The van der Waals surface area contributed by atoms with Crippen molar-refractivity contribution in [2.45, 2.75) is 0 Å². The highest BCUT2D eigenvalue weighted by Crippen LogP contribution is 2.21. The van der Waals surface area contributed by atoms with Gasteiger partial charge in [-0.3, -0.25) is 25.8 Å². The van der Waals surface area contributed by atoms with Crippen LogP contribution in [0, 0.1) is 10.1 Å². The van der Waals surface area contributed by atoms with Gasteiger partial charge in [-0.2, -0.15) is 0 Å². The van der Waals surface area contributed by atoms with Crippen molar-refractivity contribution in [1.29, 1.82) is 0 Å². The van der Waals surface area contributed by atoms with Gasteiger partial charge in [0.15, 0.2) is 0 Å². The van der Waals surface area contributed by atoms with Gasteiger partial charge in [-0.15, -0.1) is 0 Å². The highest BCUT2D eigenvalue weighted by atomic mass is 16.6. The number of nitrogens with zero attached hydrogens (tertiary/aromatic N) is 1. The lowest BCUT2D eigenvalue weighted by Gasteiger charge is -2.03. The Kier molecular flexibility index (Phi) is 2.80. The largest absolute Gasteiger partial charge is 0.294 e. The van der Waals surface area contributed by atoms with Crippen LogP contribution in [0.4, 0.5) is 11.4 Å². The number of rotatable bonds is 4. The molecule has 1 aromatic carbocycles. The molecule has 0 saturated carbocycles. The summed E-state index contributed by atoms with van der Waals surface area (Å²) in [5, 5.41) is 10.4. The normalized spacial score (nSPS) is 8.92. The van der Waals surface area contributed by atoms with Crippen molar-refractivity contribution >= 4 is 17.8 Å². The average Bonchev–Trinajstić information content (AvgIpc) is 2.15. The molecule has 1 amide bonds. The number of amides is 1. The zero-order valence-corrected chi connectivity index (χ0v) is 6.56. The number of hydrogen-bond donors (Lipinski definition) is 2. The summed E-state index contributed by atoms with van der Waals surface area (Å²) in [4.78, 5) is 19.8. The van der Waals surface area contributed by atoms with Crippen LogP contribution >= 0.6 is 0 Å². The molecule has 0 aromatic heterocycles. The van der Waals surface area contributed by atoms with E-state index in [4.69, 9.17) is 0 Å². The maximum absolute atomic E-state index is 10.4. The first-order valence-corrected chi connectivity index (χ1v) is 3.44. The zero-order chi connectivity index (χ0) is 9.68. The van der Waals surface area contributed by atoms with E-state index in [-0.39, 0.29) is 11.4 Å². The lowest BCUT2D eigenvalue weighted by atomic mass is 10.3. The van der Waals surface area contributed by atoms with E-state index >= 15 is 0 Å². The molecule has 0 unspecified atom stereocenters. The molecule has 0 spiro atoms. The van der Waals surface area contributed by atoms with Gasteiger partial charge in [0, 0.05) is 6.07 Å². The van der Waals surface area contributed by atoms with Gasteiger partial charge in [-0.25, -0.2) is 0 Å². The standard InChI is InChI=1S/C7H7N3O3/c11-5-8-9-6-3-1-2-4-7(6)10(12)13/h1-5,9H,(H,8,11). The van der Waals surface area contributed by atoms with Crippen molar-refractivity contribution < 1.29 is 9.72 Å². The molecule has 1 aromatic rings. The second-order valence-corrected chi connectivity index (χ2v) is 2.16. The van der Waals surface area contributed by atoms with Gasteiger partial charge in [0.05, 0.1) is 4.92 Å². The summed E-state index contributed by atoms with van der Waals surface area (Å²) in [5.41, 5.74) is 4.67. The molecule has 0 radical (unpaired) electrons. The average molecular weight is 181 g/mol. The van der Waals surface area contributed by atoms with Gasteiger partial charge in [0.2, 0.25) is 6.41 Å². The Morgan fingerprint density at radius 3 is 2.69 bits per heavy atom. The second kappa shape index (κ2) is 4.05. The van der Waals surface area contributed by atoms with Crippen LogP contribution in [0.1, 0.15) is 0 Å². The summed E-state index contributed by atoms with van der Waals surface area (Å²) in [6.07, 6.45) is 0.400. The number of nitrogens with one attached hydrogen (secondary N) is 2. The van der Waals surface area contributed by atoms with Crippen LogP contribution in [0.5, 0.6) is 0 Å². The van der Waals surface area contributed by atoms with E-state index in [1.807, 2.05) is 0 Å². The van der Waals surface area contributed by atoms with Crippen LogP contribution in [0.3, 0.4) is 0 Å². The van der Waals surface area contributed by atoms with E-state index in [9.17, 15) is 14.9 Å². The third-order valence-corrected chi connectivity index (χ3v) is 1.37. The number of carbonyl (C=O) groups is 1. The summed E-state index contributed by atoms with van der Waals surface area (Å²) < 4.78 is 0. The van der Waals surface area contributed by atoms with Crippen molar-refractivity contribution in [2.75, 3.05) is 5.43 Å². The minimum atomic E-state index is -0.533.